The Hall–Kier alpha value is -0.770. The van der Waals surface area contributed by atoms with Crippen molar-refractivity contribution in [3.05, 3.63) is 0 Å². The number of carboxylic acid groups (broad SMARTS) is 1. The fourth-order valence-electron chi connectivity index (χ4n) is 4.15. The summed E-state index contributed by atoms with van der Waals surface area (Å²) >= 11 is 0. The molecule has 8 heteroatoms. The molecule has 1 aliphatic heterocycles. The van der Waals surface area contributed by atoms with Gasteiger partial charge >= 0.3 is 5.97 Å². The number of aliphatic carboxylic acids is 1. The molecule has 6 atom stereocenters. The number of aliphatic hydroxyl groups excluding tert-OH is 3. The van der Waals surface area contributed by atoms with Crippen LogP contribution in [-0.4, -0.2) is 67.7 Å². The molecule has 184 valence electrons. The van der Waals surface area contributed by atoms with Gasteiger partial charge in [0.1, 0.15) is 12.2 Å². The van der Waals surface area contributed by atoms with Crippen LogP contribution in [0.2, 0.25) is 0 Å². The Morgan fingerprint density at radius 3 is 1.84 bits per heavy atom. The highest BCUT2D eigenvalue weighted by atomic mass is 16.6. The first kappa shape index (κ1) is 28.3. The number of hydrogen-bond donors (Lipinski definition) is 6. The molecule has 1 heterocycles. The van der Waals surface area contributed by atoms with Crippen molar-refractivity contribution in [2.24, 2.45) is 5.73 Å². The summed E-state index contributed by atoms with van der Waals surface area (Å²) in [6, 6.07) is -0.968. The van der Waals surface area contributed by atoms with Crippen LogP contribution < -0.4 is 5.73 Å². The summed E-state index contributed by atoms with van der Waals surface area (Å²) in [7, 11) is 0. The van der Waals surface area contributed by atoms with Gasteiger partial charge in [0.2, 0.25) is 0 Å². The zero-order valence-corrected chi connectivity index (χ0v) is 19.1. The van der Waals surface area contributed by atoms with Crippen LogP contribution in [0.5, 0.6) is 0 Å². The van der Waals surface area contributed by atoms with Crippen LogP contribution >= 0.6 is 0 Å². The van der Waals surface area contributed by atoms with Gasteiger partial charge in [0.25, 0.3) is 0 Å². The fourth-order valence-corrected chi connectivity index (χ4v) is 4.15. The molecule has 0 aromatic rings. The minimum atomic E-state index is -1.23. The summed E-state index contributed by atoms with van der Waals surface area (Å²) in [6.45, 7) is 1.72. The molecule has 1 saturated heterocycles. The van der Waals surface area contributed by atoms with Crippen molar-refractivity contribution in [3.8, 4) is 0 Å². The molecule has 0 saturated carbocycles. The number of carboxylic acids is 1. The van der Waals surface area contributed by atoms with Gasteiger partial charge in [-0.25, -0.2) is 0 Å². The average Bonchev–Trinajstić information content (AvgIpc) is 2.72. The molecule has 7 N–H and O–H groups in total. The average molecular weight is 448 g/mol. The Balaban J connectivity index is 1.90. The maximum atomic E-state index is 10.6. The molecule has 0 spiro atoms. The quantitative estimate of drug-likeness (QED) is 0.186. The van der Waals surface area contributed by atoms with Gasteiger partial charge in [-0.05, 0) is 26.2 Å². The first-order valence-electron chi connectivity index (χ1n) is 12.0. The highest BCUT2D eigenvalue weighted by Crippen LogP contribution is 2.23. The van der Waals surface area contributed by atoms with E-state index in [4.69, 9.17) is 15.6 Å². The lowest BCUT2D eigenvalue weighted by Gasteiger charge is -2.39. The number of carbonyl (C=O) groups is 1. The first-order chi connectivity index (χ1) is 14.6. The normalized spacial score (nSPS) is 28.4. The summed E-state index contributed by atoms with van der Waals surface area (Å²) in [4.78, 5) is 10.6. The van der Waals surface area contributed by atoms with E-state index in [2.05, 4.69) is 0 Å². The fraction of sp³-hybridized carbons (Fsp3) is 0.957. The molecule has 0 aliphatic carbocycles. The zero-order chi connectivity index (χ0) is 23.3. The molecular weight excluding hydrogens is 402 g/mol. The Bertz CT molecular complexity index is 489. The van der Waals surface area contributed by atoms with E-state index in [0.717, 1.165) is 38.5 Å². The van der Waals surface area contributed by atoms with Crippen molar-refractivity contribution >= 4 is 5.97 Å². The zero-order valence-electron chi connectivity index (χ0n) is 19.1. The van der Waals surface area contributed by atoms with E-state index >= 15 is 0 Å². The molecule has 0 amide bonds. The van der Waals surface area contributed by atoms with Gasteiger partial charge in [-0.1, -0.05) is 70.6 Å². The predicted octanol–water partition coefficient (Wildman–Crippen LogP) is 2.44. The summed E-state index contributed by atoms with van der Waals surface area (Å²) in [5.41, 5.74) is 4.70. The topological polar surface area (TPSA) is 153 Å². The number of rotatable bonds is 17. The first-order valence-corrected chi connectivity index (χ1v) is 12.0. The molecule has 0 aromatic heterocycles. The number of unbranched alkanes of at least 4 members (excludes halogenated alkanes) is 10. The van der Waals surface area contributed by atoms with E-state index in [9.17, 15) is 25.2 Å². The number of hydrogen-bond acceptors (Lipinski definition) is 7. The second-order valence-electron chi connectivity index (χ2n) is 9.44. The molecule has 0 aromatic carbocycles. The Morgan fingerprint density at radius 1 is 0.839 bits per heavy atom. The van der Waals surface area contributed by atoms with Gasteiger partial charge in [0.05, 0.1) is 17.7 Å². The largest absolute Gasteiger partial charge is 0.481 e. The van der Waals surface area contributed by atoms with Crippen molar-refractivity contribution < 1.29 is 35.1 Å². The van der Waals surface area contributed by atoms with E-state index in [1.54, 1.807) is 6.92 Å². The van der Waals surface area contributed by atoms with E-state index in [1.807, 2.05) is 0 Å². The van der Waals surface area contributed by atoms with Crippen LogP contribution in [0.15, 0.2) is 0 Å². The van der Waals surface area contributed by atoms with Gasteiger partial charge in [-0.2, -0.15) is 0 Å². The van der Waals surface area contributed by atoms with Gasteiger partial charge in [-0.3, -0.25) is 4.79 Å². The summed E-state index contributed by atoms with van der Waals surface area (Å²) in [5, 5.41) is 48.3. The van der Waals surface area contributed by atoms with Gasteiger partial charge in [-0.15, -0.1) is 0 Å². The molecule has 8 nitrogen and oxygen atoms in total. The number of nitrogens with two attached hydrogens (primary N) is 1. The molecule has 1 aliphatic rings. The van der Waals surface area contributed by atoms with Gasteiger partial charge < -0.3 is 36.0 Å². The molecular formula is C23H45NO7. The van der Waals surface area contributed by atoms with E-state index in [1.165, 1.54) is 32.1 Å². The molecule has 31 heavy (non-hydrogen) atoms. The second kappa shape index (κ2) is 15.1. The number of ether oxygens (including phenoxy) is 1. The third kappa shape index (κ3) is 12.2. The van der Waals surface area contributed by atoms with Gasteiger partial charge in [0, 0.05) is 6.42 Å². The van der Waals surface area contributed by atoms with Crippen molar-refractivity contribution in [3.63, 3.8) is 0 Å². The highest BCUT2D eigenvalue weighted by Gasteiger charge is 2.41. The smallest absolute Gasteiger partial charge is 0.303 e. The molecule has 0 radical (unpaired) electrons. The summed E-state index contributed by atoms with van der Waals surface area (Å²) < 4.78 is 5.30. The van der Waals surface area contributed by atoms with E-state index < -0.39 is 42.2 Å². The van der Waals surface area contributed by atoms with Crippen molar-refractivity contribution in [2.45, 2.75) is 139 Å². The standard InChI is InChI=1S/C23H45NO7/c1-23(30,16-14-18(25)26)15-12-10-8-6-4-2-3-5-7-9-11-13-17-20(27)21(28)19(24)22(29)31-17/h17,19-22,27-30H,2-16,24H2,1H3,(H,25,26). The maximum Gasteiger partial charge on any atom is 0.303 e. The van der Waals surface area contributed by atoms with E-state index in [-0.39, 0.29) is 6.42 Å². The molecule has 1 fully saturated rings. The summed E-state index contributed by atoms with van der Waals surface area (Å²) in [6.07, 6.45) is 9.82. The minimum Gasteiger partial charge on any atom is -0.481 e. The van der Waals surface area contributed by atoms with Crippen LogP contribution in [0.3, 0.4) is 0 Å². The minimum absolute atomic E-state index is 0.0181. The maximum absolute atomic E-state index is 10.6. The highest BCUT2D eigenvalue weighted by molar-refractivity contribution is 5.66. The monoisotopic (exact) mass is 447 g/mol. The third-order valence-electron chi connectivity index (χ3n) is 6.35. The SMILES string of the molecule is CC(O)(CCCCCCCCCCCCCC1OC(O)C(N)C(O)C1O)CCC(=O)O. The van der Waals surface area contributed by atoms with E-state index in [0.29, 0.717) is 19.3 Å². The van der Waals surface area contributed by atoms with Crippen LogP contribution in [0, 0.1) is 0 Å². The Labute approximate surface area is 186 Å². The lowest BCUT2D eigenvalue weighted by Crippen LogP contribution is -2.60. The molecule has 0 bridgehead atoms. The van der Waals surface area contributed by atoms with Crippen molar-refractivity contribution in [1.82, 2.24) is 0 Å². The predicted molar refractivity (Wildman–Crippen MR) is 118 cm³/mol. The van der Waals surface area contributed by atoms with Crippen LogP contribution in [0.25, 0.3) is 0 Å². The molecule has 1 rings (SSSR count). The lowest BCUT2D eigenvalue weighted by molar-refractivity contribution is -0.243. The van der Waals surface area contributed by atoms with Crippen LogP contribution in [0.4, 0.5) is 0 Å². The van der Waals surface area contributed by atoms with Crippen molar-refractivity contribution in [2.75, 3.05) is 0 Å². The van der Waals surface area contributed by atoms with Crippen molar-refractivity contribution in [1.29, 1.82) is 0 Å². The Kier molecular flexibility index (Phi) is 13.8. The van der Waals surface area contributed by atoms with Crippen LogP contribution in [0.1, 0.15) is 103 Å². The number of aliphatic hydroxyl groups is 4. The lowest BCUT2D eigenvalue weighted by atomic mass is 9.93. The second-order valence-corrected chi connectivity index (χ2v) is 9.44. The van der Waals surface area contributed by atoms with Crippen LogP contribution in [-0.2, 0) is 9.53 Å². The van der Waals surface area contributed by atoms with Gasteiger partial charge in [0.15, 0.2) is 6.29 Å². The Morgan fingerprint density at radius 2 is 1.32 bits per heavy atom. The third-order valence-corrected chi connectivity index (χ3v) is 6.35. The molecule has 6 unspecified atom stereocenters. The summed E-state index contributed by atoms with van der Waals surface area (Å²) in [5.74, 6) is -0.859.